The van der Waals surface area contributed by atoms with Crippen LogP contribution < -0.4 is 5.32 Å². The Balaban J connectivity index is 1.73. The zero-order valence-corrected chi connectivity index (χ0v) is 9.26. The van der Waals surface area contributed by atoms with E-state index in [1.165, 1.54) is 38.5 Å². The summed E-state index contributed by atoms with van der Waals surface area (Å²) in [5.74, 6) is 0. The lowest BCUT2D eigenvalue weighted by Gasteiger charge is -2.30. The van der Waals surface area contributed by atoms with Crippen LogP contribution in [0.5, 0.6) is 0 Å². The second-order valence-corrected chi connectivity index (χ2v) is 5.19. The van der Waals surface area contributed by atoms with Gasteiger partial charge in [0, 0.05) is 12.6 Å². The van der Waals surface area contributed by atoms with Crippen LogP contribution in [-0.4, -0.2) is 23.8 Å². The molecule has 0 aliphatic heterocycles. The minimum Gasteiger partial charge on any atom is -0.392 e. The minimum absolute atomic E-state index is 0.0867. The van der Waals surface area contributed by atoms with Crippen molar-refractivity contribution in [2.75, 3.05) is 6.54 Å². The van der Waals surface area contributed by atoms with E-state index in [-0.39, 0.29) is 6.10 Å². The molecule has 2 fully saturated rings. The van der Waals surface area contributed by atoms with Crippen LogP contribution in [0.4, 0.5) is 0 Å². The van der Waals surface area contributed by atoms with E-state index in [4.69, 9.17) is 0 Å². The van der Waals surface area contributed by atoms with Gasteiger partial charge in [0.05, 0.1) is 6.10 Å². The van der Waals surface area contributed by atoms with Gasteiger partial charge in [-0.2, -0.15) is 0 Å². The second-order valence-electron chi connectivity index (χ2n) is 5.19. The highest BCUT2D eigenvalue weighted by Crippen LogP contribution is 2.48. The van der Waals surface area contributed by atoms with Crippen molar-refractivity contribution >= 4 is 0 Å². The summed E-state index contributed by atoms with van der Waals surface area (Å²) >= 11 is 0. The van der Waals surface area contributed by atoms with Crippen LogP contribution in [0.3, 0.4) is 0 Å². The van der Waals surface area contributed by atoms with E-state index in [2.05, 4.69) is 12.2 Å². The Morgan fingerprint density at radius 2 is 2.00 bits per heavy atom. The largest absolute Gasteiger partial charge is 0.392 e. The number of aliphatic hydroxyl groups excluding tert-OH is 1. The summed E-state index contributed by atoms with van der Waals surface area (Å²) in [6.45, 7) is 3.41. The van der Waals surface area contributed by atoms with Gasteiger partial charge in [-0.3, -0.25) is 0 Å². The van der Waals surface area contributed by atoms with Gasteiger partial charge in [-0.1, -0.05) is 19.8 Å². The van der Waals surface area contributed by atoms with Gasteiger partial charge < -0.3 is 10.4 Å². The standard InChI is InChI=1S/C12H23NO/c1-2-12(7-8-12)9-13-10-5-3-4-6-11(10)14/h10-11,13-14H,2-9H2,1H3. The molecule has 0 heterocycles. The summed E-state index contributed by atoms with van der Waals surface area (Å²) in [6.07, 6.45) is 8.64. The van der Waals surface area contributed by atoms with Crippen LogP contribution in [-0.2, 0) is 0 Å². The van der Waals surface area contributed by atoms with E-state index in [1.54, 1.807) is 0 Å². The molecule has 2 heteroatoms. The third kappa shape index (κ3) is 2.29. The van der Waals surface area contributed by atoms with Crippen molar-refractivity contribution in [3.8, 4) is 0 Å². The predicted molar refractivity (Wildman–Crippen MR) is 58.2 cm³/mol. The first kappa shape index (κ1) is 10.4. The SMILES string of the molecule is CCC1(CNC2CCCCC2O)CC1. The minimum atomic E-state index is -0.0867. The molecule has 14 heavy (non-hydrogen) atoms. The average molecular weight is 197 g/mol. The Hall–Kier alpha value is -0.0800. The molecule has 2 N–H and O–H groups in total. The summed E-state index contributed by atoms with van der Waals surface area (Å²) in [7, 11) is 0. The van der Waals surface area contributed by atoms with Gasteiger partial charge in [0.15, 0.2) is 0 Å². The highest BCUT2D eigenvalue weighted by Gasteiger charge is 2.41. The van der Waals surface area contributed by atoms with E-state index in [0.29, 0.717) is 11.5 Å². The third-order valence-corrected chi connectivity index (χ3v) is 4.18. The van der Waals surface area contributed by atoms with Gasteiger partial charge in [0.1, 0.15) is 0 Å². The average Bonchev–Trinajstić information content (AvgIpc) is 2.98. The maximum atomic E-state index is 9.80. The van der Waals surface area contributed by atoms with Crippen LogP contribution >= 0.6 is 0 Å². The molecule has 0 spiro atoms. The van der Waals surface area contributed by atoms with E-state index >= 15 is 0 Å². The molecule has 2 saturated carbocycles. The monoisotopic (exact) mass is 197 g/mol. The molecular weight excluding hydrogens is 174 g/mol. The maximum absolute atomic E-state index is 9.80. The fraction of sp³-hybridized carbons (Fsp3) is 1.00. The fourth-order valence-corrected chi connectivity index (χ4v) is 2.53. The van der Waals surface area contributed by atoms with Gasteiger partial charge in [0.25, 0.3) is 0 Å². The summed E-state index contributed by atoms with van der Waals surface area (Å²) < 4.78 is 0. The van der Waals surface area contributed by atoms with Crippen LogP contribution in [0.15, 0.2) is 0 Å². The topological polar surface area (TPSA) is 32.3 Å². The molecule has 82 valence electrons. The molecule has 0 radical (unpaired) electrons. The molecule has 0 amide bonds. The predicted octanol–water partition coefficient (Wildman–Crippen LogP) is 2.07. The zero-order valence-electron chi connectivity index (χ0n) is 9.26. The third-order valence-electron chi connectivity index (χ3n) is 4.18. The first-order valence-electron chi connectivity index (χ1n) is 6.17. The number of hydrogen-bond acceptors (Lipinski definition) is 2. The quantitative estimate of drug-likeness (QED) is 0.723. The zero-order chi connectivity index (χ0) is 10.0. The smallest absolute Gasteiger partial charge is 0.0693 e. The van der Waals surface area contributed by atoms with E-state index < -0.39 is 0 Å². The molecule has 0 aromatic carbocycles. The van der Waals surface area contributed by atoms with Gasteiger partial charge in [-0.15, -0.1) is 0 Å². The van der Waals surface area contributed by atoms with Gasteiger partial charge in [-0.05, 0) is 37.5 Å². The molecule has 2 unspecified atom stereocenters. The molecular formula is C12H23NO. The molecule has 0 aromatic rings. The first-order chi connectivity index (χ1) is 6.76. The van der Waals surface area contributed by atoms with Crippen molar-refractivity contribution < 1.29 is 5.11 Å². The van der Waals surface area contributed by atoms with Crippen molar-refractivity contribution in [2.45, 2.75) is 64.0 Å². The summed E-state index contributed by atoms with van der Waals surface area (Å²) in [4.78, 5) is 0. The number of hydrogen-bond donors (Lipinski definition) is 2. The Kier molecular flexibility index (Phi) is 3.13. The molecule has 0 saturated heterocycles. The number of aliphatic hydroxyl groups is 1. The van der Waals surface area contributed by atoms with Gasteiger partial charge in [-0.25, -0.2) is 0 Å². The first-order valence-corrected chi connectivity index (χ1v) is 6.17. The van der Waals surface area contributed by atoms with E-state index in [9.17, 15) is 5.11 Å². The Labute approximate surface area is 87.1 Å². The Bertz CT molecular complexity index is 189. The van der Waals surface area contributed by atoms with Crippen LogP contribution in [0, 0.1) is 5.41 Å². The Morgan fingerprint density at radius 3 is 2.57 bits per heavy atom. The van der Waals surface area contributed by atoms with E-state index in [1.807, 2.05) is 0 Å². The van der Waals surface area contributed by atoms with Crippen molar-refractivity contribution in [3.63, 3.8) is 0 Å². The fourth-order valence-electron chi connectivity index (χ4n) is 2.53. The molecule has 0 aromatic heterocycles. The van der Waals surface area contributed by atoms with Crippen molar-refractivity contribution in [2.24, 2.45) is 5.41 Å². The van der Waals surface area contributed by atoms with Crippen LogP contribution in [0.2, 0.25) is 0 Å². The van der Waals surface area contributed by atoms with Crippen LogP contribution in [0.1, 0.15) is 51.9 Å². The second kappa shape index (κ2) is 4.19. The van der Waals surface area contributed by atoms with Gasteiger partial charge in [0.2, 0.25) is 0 Å². The lowest BCUT2D eigenvalue weighted by molar-refractivity contribution is 0.0879. The van der Waals surface area contributed by atoms with Crippen molar-refractivity contribution in [1.29, 1.82) is 0 Å². The lowest BCUT2D eigenvalue weighted by atomic mass is 9.92. The van der Waals surface area contributed by atoms with Crippen LogP contribution in [0.25, 0.3) is 0 Å². The highest BCUT2D eigenvalue weighted by molar-refractivity contribution is 4.95. The lowest BCUT2D eigenvalue weighted by Crippen LogP contribution is -2.44. The molecule has 2 nitrogen and oxygen atoms in total. The molecule has 2 aliphatic rings. The number of rotatable bonds is 4. The Morgan fingerprint density at radius 1 is 1.29 bits per heavy atom. The summed E-state index contributed by atoms with van der Waals surface area (Å²) in [6, 6.07) is 0.382. The molecule has 2 atom stereocenters. The van der Waals surface area contributed by atoms with Crippen molar-refractivity contribution in [1.82, 2.24) is 5.32 Å². The molecule has 2 aliphatic carbocycles. The molecule has 0 bridgehead atoms. The van der Waals surface area contributed by atoms with E-state index in [0.717, 1.165) is 13.0 Å². The normalized spacial score (nSPS) is 35.6. The van der Waals surface area contributed by atoms with Gasteiger partial charge >= 0.3 is 0 Å². The number of nitrogens with one attached hydrogen (secondary N) is 1. The summed E-state index contributed by atoms with van der Waals surface area (Å²) in [5, 5.41) is 13.4. The summed E-state index contributed by atoms with van der Waals surface area (Å²) in [5.41, 5.74) is 0.608. The highest BCUT2D eigenvalue weighted by atomic mass is 16.3. The van der Waals surface area contributed by atoms with Crippen molar-refractivity contribution in [3.05, 3.63) is 0 Å². The maximum Gasteiger partial charge on any atom is 0.0693 e. The molecule has 2 rings (SSSR count).